The third-order valence-electron chi connectivity index (χ3n) is 4.08. The molecule has 1 atom stereocenters. The Bertz CT molecular complexity index is 560. The van der Waals surface area contributed by atoms with Crippen LogP contribution in [0.1, 0.15) is 57.4 Å². The fourth-order valence-electron chi connectivity index (χ4n) is 2.72. The van der Waals surface area contributed by atoms with Crippen molar-refractivity contribution in [1.29, 1.82) is 0 Å². The van der Waals surface area contributed by atoms with Crippen molar-refractivity contribution in [2.45, 2.75) is 63.7 Å². The highest BCUT2D eigenvalue weighted by atomic mass is 33.1. The summed E-state index contributed by atoms with van der Waals surface area (Å²) in [4.78, 5) is 23.6. The molecule has 6 heteroatoms. The molecule has 0 bridgehead atoms. The van der Waals surface area contributed by atoms with E-state index in [0.717, 1.165) is 35.8 Å². The van der Waals surface area contributed by atoms with Crippen molar-refractivity contribution in [3.8, 4) is 0 Å². The Hall–Kier alpha value is -1.14. The number of benzene rings is 1. The maximum absolute atomic E-state index is 12.0. The van der Waals surface area contributed by atoms with E-state index in [9.17, 15) is 9.59 Å². The molecule has 2 rings (SSSR count). The van der Waals surface area contributed by atoms with Gasteiger partial charge in [-0.3, -0.25) is 9.59 Å². The van der Waals surface area contributed by atoms with Gasteiger partial charge < -0.3 is 10.6 Å². The van der Waals surface area contributed by atoms with Crippen molar-refractivity contribution < 1.29 is 9.59 Å². The van der Waals surface area contributed by atoms with Gasteiger partial charge in [-0.1, -0.05) is 47.1 Å². The third-order valence-corrected chi connectivity index (χ3v) is 7.09. The SMILES string of the molecule is CCCC(=O)Nc1cccc(CNC(=O)CCCCC2CCSS2)c1. The van der Waals surface area contributed by atoms with Gasteiger partial charge in [0.15, 0.2) is 0 Å². The van der Waals surface area contributed by atoms with E-state index in [1.807, 2.05) is 52.8 Å². The minimum atomic E-state index is 0.0301. The Morgan fingerprint density at radius 2 is 2.08 bits per heavy atom. The van der Waals surface area contributed by atoms with Gasteiger partial charge in [-0.2, -0.15) is 0 Å². The lowest BCUT2D eigenvalue weighted by atomic mass is 10.1. The zero-order chi connectivity index (χ0) is 17.9. The van der Waals surface area contributed by atoms with Gasteiger partial charge in [-0.05, 0) is 43.4 Å². The van der Waals surface area contributed by atoms with Crippen LogP contribution in [0.15, 0.2) is 24.3 Å². The molecular weight excluding hydrogens is 352 g/mol. The number of carbonyl (C=O) groups is 2. The summed E-state index contributed by atoms with van der Waals surface area (Å²) in [7, 11) is 3.97. The first kappa shape index (κ1) is 20.2. The molecule has 0 aliphatic carbocycles. The van der Waals surface area contributed by atoms with E-state index in [1.165, 1.54) is 18.6 Å². The van der Waals surface area contributed by atoms with Crippen molar-refractivity contribution in [3.63, 3.8) is 0 Å². The van der Waals surface area contributed by atoms with Crippen LogP contribution in [0.5, 0.6) is 0 Å². The molecule has 0 saturated carbocycles. The van der Waals surface area contributed by atoms with Crippen LogP contribution in [0, 0.1) is 0 Å². The van der Waals surface area contributed by atoms with Crippen LogP contribution in [-0.4, -0.2) is 22.8 Å². The van der Waals surface area contributed by atoms with Gasteiger partial charge in [0.25, 0.3) is 0 Å². The number of rotatable bonds is 10. The minimum absolute atomic E-state index is 0.0301. The number of nitrogens with one attached hydrogen (secondary N) is 2. The molecule has 0 aromatic heterocycles. The average molecular weight is 381 g/mol. The lowest BCUT2D eigenvalue weighted by molar-refractivity contribution is -0.121. The molecule has 1 aromatic carbocycles. The summed E-state index contributed by atoms with van der Waals surface area (Å²) in [6, 6.07) is 7.66. The van der Waals surface area contributed by atoms with Gasteiger partial charge in [0, 0.05) is 36.1 Å². The minimum Gasteiger partial charge on any atom is -0.352 e. The Labute approximate surface area is 158 Å². The zero-order valence-electron chi connectivity index (χ0n) is 14.9. The molecule has 1 fully saturated rings. The van der Waals surface area contributed by atoms with Crippen molar-refractivity contribution in [1.82, 2.24) is 5.32 Å². The maximum atomic E-state index is 12.0. The summed E-state index contributed by atoms with van der Waals surface area (Å²) in [6.45, 7) is 2.49. The third kappa shape index (κ3) is 8.19. The Balaban J connectivity index is 1.64. The number of unbranched alkanes of at least 4 members (excludes halogenated alkanes) is 1. The molecule has 1 heterocycles. The van der Waals surface area contributed by atoms with Gasteiger partial charge in [0.2, 0.25) is 11.8 Å². The molecule has 0 spiro atoms. The van der Waals surface area contributed by atoms with Gasteiger partial charge in [0.05, 0.1) is 0 Å². The van der Waals surface area contributed by atoms with Crippen molar-refractivity contribution in [2.24, 2.45) is 0 Å². The average Bonchev–Trinajstić information content (AvgIpc) is 3.11. The van der Waals surface area contributed by atoms with E-state index in [0.29, 0.717) is 19.4 Å². The standard InChI is InChI=1S/C19H28N2O2S2/c1-2-6-19(23)21-16-8-5-7-15(13-16)14-20-18(22)10-4-3-9-17-11-12-24-25-17/h5,7-8,13,17H,2-4,6,9-12,14H2,1H3,(H,20,22)(H,21,23). The van der Waals surface area contributed by atoms with Crippen LogP contribution in [-0.2, 0) is 16.1 Å². The van der Waals surface area contributed by atoms with Crippen LogP contribution in [0.4, 0.5) is 5.69 Å². The van der Waals surface area contributed by atoms with Crippen LogP contribution in [0.3, 0.4) is 0 Å². The molecule has 1 aromatic rings. The molecule has 1 unspecified atom stereocenters. The molecular formula is C19H28N2O2S2. The molecule has 2 N–H and O–H groups in total. The Kier molecular flexibility index (Phi) is 9.26. The number of anilines is 1. The highest BCUT2D eigenvalue weighted by Crippen LogP contribution is 2.39. The quantitative estimate of drug-likeness (QED) is 0.454. The predicted octanol–water partition coefficient (Wildman–Crippen LogP) is 4.76. The molecule has 1 aliphatic rings. The largest absolute Gasteiger partial charge is 0.352 e. The van der Waals surface area contributed by atoms with Gasteiger partial charge in [0.1, 0.15) is 0 Å². The van der Waals surface area contributed by atoms with Crippen molar-refractivity contribution in [3.05, 3.63) is 29.8 Å². The molecule has 1 aliphatic heterocycles. The predicted molar refractivity (Wildman–Crippen MR) is 109 cm³/mol. The first-order valence-electron chi connectivity index (χ1n) is 9.11. The van der Waals surface area contributed by atoms with E-state index >= 15 is 0 Å². The number of amides is 2. The summed E-state index contributed by atoms with van der Waals surface area (Å²) >= 11 is 0. The Morgan fingerprint density at radius 3 is 2.84 bits per heavy atom. The van der Waals surface area contributed by atoms with E-state index in [-0.39, 0.29) is 11.8 Å². The molecule has 138 valence electrons. The molecule has 2 amide bonds. The van der Waals surface area contributed by atoms with Crippen molar-refractivity contribution >= 4 is 39.1 Å². The van der Waals surface area contributed by atoms with Crippen LogP contribution in [0.25, 0.3) is 0 Å². The molecule has 25 heavy (non-hydrogen) atoms. The number of hydrogen-bond acceptors (Lipinski definition) is 4. The normalized spacial score (nSPS) is 16.6. The van der Waals surface area contributed by atoms with E-state index < -0.39 is 0 Å². The van der Waals surface area contributed by atoms with E-state index in [2.05, 4.69) is 10.6 Å². The first-order chi connectivity index (χ1) is 12.2. The molecule has 1 saturated heterocycles. The lowest BCUT2D eigenvalue weighted by Crippen LogP contribution is -2.22. The topological polar surface area (TPSA) is 58.2 Å². The smallest absolute Gasteiger partial charge is 0.224 e. The van der Waals surface area contributed by atoms with Crippen LogP contribution >= 0.6 is 21.6 Å². The monoisotopic (exact) mass is 380 g/mol. The highest BCUT2D eigenvalue weighted by Gasteiger charge is 2.15. The second-order valence-corrected chi connectivity index (χ2v) is 9.14. The van der Waals surface area contributed by atoms with Crippen LogP contribution < -0.4 is 10.6 Å². The lowest BCUT2D eigenvalue weighted by Gasteiger charge is -2.09. The number of carbonyl (C=O) groups excluding carboxylic acids is 2. The van der Waals surface area contributed by atoms with Gasteiger partial charge >= 0.3 is 0 Å². The summed E-state index contributed by atoms with van der Waals surface area (Å²) in [5.41, 5.74) is 1.79. The number of hydrogen-bond donors (Lipinski definition) is 2. The summed E-state index contributed by atoms with van der Waals surface area (Å²) in [6.07, 6.45) is 6.58. The second kappa shape index (κ2) is 11.5. The Morgan fingerprint density at radius 1 is 1.20 bits per heavy atom. The maximum Gasteiger partial charge on any atom is 0.224 e. The fraction of sp³-hybridized carbons (Fsp3) is 0.579. The molecule has 0 radical (unpaired) electrons. The second-order valence-electron chi connectivity index (χ2n) is 6.35. The summed E-state index contributed by atoms with van der Waals surface area (Å²) in [5.74, 6) is 1.41. The van der Waals surface area contributed by atoms with E-state index in [4.69, 9.17) is 0 Å². The highest BCUT2D eigenvalue weighted by molar-refractivity contribution is 8.77. The zero-order valence-corrected chi connectivity index (χ0v) is 16.5. The summed E-state index contributed by atoms with van der Waals surface area (Å²) in [5, 5.41) is 6.65. The van der Waals surface area contributed by atoms with Crippen LogP contribution in [0.2, 0.25) is 0 Å². The van der Waals surface area contributed by atoms with Gasteiger partial charge in [-0.15, -0.1) is 0 Å². The summed E-state index contributed by atoms with van der Waals surface area (Å²) < 4.78 is 0. The fourth-order valence-corrected chi connectivity index (χ4v) is 5.75. The molecule has 4 nitrogen and oxygen atoms in total. The van der Waals surface area contributed by atoms with Crippen molar-refractivity contribution in [2.75, 3.05) is 11.1 Å². The van der Waals surface area contributed by atoms with E-state index in [1.54, 1.807) is 0 Å². The van der Waals surface area contributed by atoms with Gasteiger partial charge in [-0.25, -0.2) is 0 Å². The first-order valence-corrected chi connectivity index (χ1v) is 11.5.